The minimum Gasteiger partial charge on any atom is -0.369 e. The summed E-state index contributed by atoms with van der Waals surface area (Å²) in [5.41, 5.74) is 5.28. The van der Waals surface area contributed by atoms with Crippen LogP contribution in [0.15, 0.2) is 24.3 Å². The second-order valence-corrected chi connectivity index (χ2v) is 3.85. The third-order valence-electron chi connectivity index (χ3n) is 2.97. The van der Waals surface area contributed by atoms with E-state index in [4.69, 9.17) is 5.73 Å². The van der Waals surface area contributed by atoms with E-state index in [1.165, 1.54) is 12.1 Å². The van der Waals surface area contributed by atoms with Gasteiger partial charge in [-0.1, -0.05) is 19.1 Å². The average Bonchev–Trinajstić information content (AvgIpc) is 2.27. The molecule has 0 fully saturated rings. The minimum absolute atomic E-state index is 0.00618. The number of carbonyl (C=O) groups is 1. The van der Waals surface area contributed by atoms with E-state index in [9.17, 15) is 14.9 Å². The highest BCUT2D eigenvalue weighted by Gasteiger charge is 2.31. The molecule has 5 heteroatoms. The second-order valence-electron chi connectivity index (χ2n) is 3.85. The quantitative estimate of drug-likeness (QED) is 0.621. The number of rotatable bonds is 4. The number of nitro benzene ring substituents is 1. The van der Waals surface area contributed by atoms with Gasteiger partial charge >= 0.3 is 0 Å². The molecule has 0 spiro atoms. The van der Waals surface area contributed by atoms with Crippen molar-refractivity contribution >= 4 is 11.6 Å². The van der Waals surface area contributed by atoms with Crippen LogP contribution in [-0.4, -0.2) is 10.8 Å². The van der Waals surface area contributed by atoms with E-state index in [0.717, 1.165) is 0 Å². The highest BCUT2D eigenvalue weighted by molar-refractivity contribution is 5.86. The van der Waals surface area contributed by atoms with Gasteiger partial charge in [-0.3, -0.25) is 14.9 Å². The lowest BCUT2D eigenvalue weighted by Gasteiger charge is -2.24. The van der Waals surface area contributed by atoms with Crippen LogP contribution >= 0.6 is 0 Å². The van der Waals surface area contributed by atoms with E-state index in [2.05, 4.69) is 0 Å². The van der Waals surface area contributed by atoms with Crippen molar-refractivity contribution in [3.05, 3.63) is 39.9 Å². The Morgan fingerprint density at radius 1 is 1.44 bits per heavy atom. The molecule has 1 aromatic rings. The van der Waals surface area contributed by atoms with Crippen LogP contribution < -0.4 is 5.73 Å². The lowest BCUT2D eigenvalue weighted by molar-refractivity contribution is -0.384. The summed E-state index contributed by atoms with van der Waals surface area (Å²) in [4.78, 5) is 21.4. The number of nitrogens with two attached hydrogens (primary N) is 1. The summed E-state index contributed by atoms with van der Waals surface area (Å²) in [6.45, 7) is 3.59. The summed E-state index contributed by atoms with van der Waals surface area (Å²) in [6.07, 6.45) is 0.556. The summed E-state index contributed by atoms with van der Waals surface area (Å²) >= 11 is 0. The monoisotopic (exact) mass is 222 g/mol. The number of nitro groups is 1. The van der Waals surface area contributed by atoms with Gasteiger partial charge < -0.3 is 5.73 Å². The lowest BCUT2D eigenvalue weighted by Crippen LogP contribution is -2.37. The lowest BCUT2D eigenvalue weighted by atomic mass is 9.79. The fourth-order valence-electron chi connectivity index (χ4n) is 1.47. The highest BCUT2D eigenvalue weighted by Crippen LogP contribution is 2.28. The Labute approximate surface area is 93.4 Å². The molecule has 0 aliphatic carbocycles. The van der Waals surface area contributed by atoms with Crippen molar-refractivity contribution in [1.82, 2.24) is 0 Å². The Balaban J connectivity index is 3.14. The third-order valence-corrected chi connectivity index (χ3v) is 2.97. The molecule has 1 unspecified atom stereocenters. The van der Waals surface area contributed by atoms with E-state index in [-0.39, 0.29) is 5.69 Å². The van der Waals surface area contributed by atoms with Gasteiger partial charge in [-0.25, -0.2) is 0 Å². The van der Waals surface area contributed by atoms with Gasteiger partial charge in [-0.15, -0.1) is 0 Å². The van der Waals surface area contributed by atoms with E-state index < -0.39 is 16.2 Å². The molecule has 0 radical (unpaired) electrons. The van der Waals surface area contributed by atoms with Gasteiger partial charge in [0.25, 0.3) is 5.69 Å². The standard InChI is InChI=1S/C11H14N2O3/c1-3-11(2,10(12)14)8-4-6-9(7-5-8)13(15)16/h4-7H,3H2,1-2H3,(H2,12,14). The molecule has 0 saturated heterocycles. The first-order chi connectivity index (χ1) is 7.41. The van der Waals surface area contributed by atoms with Crippen molar-refractivity contribution in [3.63, 3.8) is 0 Å². The first kappa shape index (κ1) is 12.2. The molecule has 1 amide bonds. The minimum atomic E-state index is -0.769. The molecule has 1 rings (SSSR count). The molecule has 86 valence electrons. The Morgan fingerprint density at radius 2 is 1.94 bits per heavy atom. The van der Waals surface area contributed by atoms with Crippen molar-refractivity contribution in [2.24, 2.45) is 5.73 Å². The van der Waals surface area contributed by atoms with Gasteiger partial charge in [0, 0.05) is 12.1 Å². The molecule has 1 aromatic carbocycles. The molecule has 16 heavy (non-hydrogen) atoms. The van der Waals surface area contributed by atoms with Crippen molar-refractivity contribution in [3.8, 4) is 0 Å². The zero-order valence-electron chi connectivity index (χ0n) is 9.27. The number of primary amides is 1. The summed E-state index contributed by atoms with van der Waals surface area (Å²) in [5.74, 6) is -0.427. The zero-order valence-corrected chi connectivity index (χ0v) is 9.27. The van der Waals surface area contributed by atoms with E-state index in [1.54, 1.807) is 19.1 Å². The Hall–Kier alpha value is -1.91. The Bertz CT molecular complexity index is 414. The first-order valence-electron chi connectivity index (χ1n) is 4.96. The van der Waals surface area contributed by atoms with Gasteiger partial charge in [0.05, 0.1) is 10.3 Å². The zero-order chi connectivity index (χ0) is 12.3. The first-order valence-corrected chi connectivity index (χ1v) is 4.96. The van der Waals surface area contributed by atoms with E-state index in [0.29, 0.717) is 12.0 Å². The number of non-ortho nitro benzene ring substituents is 1. The summed E-state index contributed by atoms with van der Waals surface area (Å²) in [7, 11) is 0. The van der Waals surface area contributed by atoms with Crippen LogP contribution in [0.25, 0.3) is 0 Å². The molecule has 0 aliphatic rings. The van der Waals surface area contributed by atoms with Gasteiger partial charge in [-0.05, 0) is 18.9 Å². The fraction of sp³-hybridized carbons (Fsp3) is 0.364. The van der Waals surface area contributed by atoms with Gasteiger partial charge in [0.15, 0.2) is 0 Å². The smallest absolute Gasteiger partial charge is 0.269 e. The molecular weight excluding hydrogens is 208 g/mol. The number of benzene rings is 1. The number of hydrogen-bond acceptors (Lipinski definition) is 3. The van der Waals surface area contributed by atoms with Crippen LogP contribution in [0.2, 0.25) is 0 Å². The maximum Gasteiger partial charge on any atom is 0.269 e. The van der Waals surface area contributed by atoms with Crippen LogP contribution in [0, 0.1) is 10.1 Å². The predicted octanol–water partition coefficient (Wildman–Crippen LogP) is 1.75. The molecule has 0 bridgehead atoms. The maximum absolute atomic E-state index is 11.4. The number of carbonyl (C=O) groups excluding carboxylic acids is 1. The van der Waals surface area contributed by atoms with Crippen molar-refractivity contribution in [2.75, 3.05) is 0 Å². The van der Waals surface area contributed by atoms with Crippen LogP contribution in [-0.2, 0) is 10.2 Å². The number of nitrogens with zero attached hydrogens (tertiary/aromatic N) is 1. The molecular formula is C11H14N2O3. The topological polar surface area (TPSA) is 86.2 Å². The summed E-state index contributed by atoms with van der Waals surface area (Å²) < 4.78 is 0. The number of hydrogen-bond donors (Lipinski definition) is 1. The van der Waals surface area contributed by atoms with Crippen molar-refractivity contribution < 1.29 is 9.72 Å². The SMILES string of the molecule is CCC(C)(C(N)=O)c1ccc([N+](=O)[O-])cc1. The van der Waals surface area contributed by atoms with E-state index in [1.807, 2.05) is 6.92 Å². The van der Waals surface area contributed by atoms with E-state index >= 15 is 0 Å². The second kappa shape index (κ2) is 4.30. The van der Waals surface area contributed by atoms with Crippen LogP contribution in [0.4, 0.5) is 5.69 Å². The Morgan fingerprint density at radius 3 is 2.25 bits per heavy atom. The molecule has 0 aromatic heterocycles. The Kier molecular flexibility index (Phi) is 3.27. The summed E-state index contributed by atoms with van der Waals surface area (Å²) in [6, 6.07) is 5.91. The highest BCUT2D eigenvalue weighted by atomic mass is 16.6. The summed E-state index contributed by atoms with van der Waals surface area (Å²) in [5, 5.41) is 10.5. The number of amides is 1. The molecule has 0 heterocycles. The third kappa shape index (κ3) is 2.03. The van der Waals surface area contributed by atoms with Crippen molar-refractivity contribution in [2.45, 2.75) is 25.7 Å². The molecule has 2 N–H and O–H groups in total. The molecule has 0 saturated carbocycles. The average molecular weight is 222 g/mol. The van der Waals surface area contributed by atoms with Gasteiger partial charge in [-0.2, -0.15) is 0 Å². The van der Waals surface area contributed by atoms with Crippen LogP contribution in [0.5, 0.6) is 0 Å². The molecule has 5 nitrogen and oxygen atoms in total. The van der Waals surface area contributed by atoms with Gasteiger partial charge in [0.1, 0.15) is 0 Å². The largest absolute Gasteiger partial charge is 0.369 e. The van der Waals surface area contributed by atoms with Crippen LogP contribution in [0.3, 0.4) is 0 Å². The molecule has 0 aliphatic heterocycles. The normalized spacial score (nSPS) is 14.1. The van der Waals surface area contributed by atoms with Gasteiger partial charge in [0.2, 0.25) is 5.91 Å². The van der Waals surface area contributed by atoms with Crippen molar-refractivity contribution in [1.29, 1.82) is 0 Å². The fourth-order valence-corrected chi connectivity index (χ4v) is 1.47. The van der Waals surface area contributed by atoms with Crippen LogP contribution in [0.1, 0.15) is 25.8 Å². The molecule has 1 atom stereocenters. The predicted molar refractivity (Wildman–Crippen MR) is 59.9 cm³/mol. The maximum atomic E-state index is 11.4.